The van der Waals surface area contributed by atoms with Gasteiger partial charge in [0, 0.05) is 18.8 Å². The molecule has 0 unspecified atom stereocenters. The molecule has 2 aliphatic rings. The van der Waals surface area contributed by atoms with E-state index in [9.17, 15) is 0 Å². The van der Waals surface area contributed by atoms with E-state index in [2.05, 4.69) is 64.8 Å². The summed E-state index contributed by atoms with van der Waals surface area (Å²) in [5, 5.41) is 6.47. The number of nitrogens with zero attached hydrogens (tertiary/aromatic N) is 3. The highest BCUT2D eigenvalue weighted by molar-refractivity contribution is 6.03. The molecule has 0 atom stereocenters. The van der Waals surface area contributed by atoms with Crippen LogP contribution in [0.4, 0.5) is 0 Å². The Hall–Kier alpha value is -2.29. The number of rotatable bonds is 3. The summed E-state index contributed by atoms with van der Waals surface area (Å²) >= 11 is 0. The van der Waals surface area contributed by atoms with Crippen LogP contribution >= 0.6 is 0 Å². The molecule has 3 heteroatoms. The van der Waals surface area contributed by atoms with E-state index in [1.165, 1.54) is 11.1 Å². The second-order valence-corrected chi connectivity index (χ2v) is 4.75. The van der Waals surface area contributed by atoms with Gasteiger partial charge in [0.1, 0.15) is 6.67 Å². The maximum absolute atomic E-state index is 4.52. The first-order valence-corrected chi connectivity index (χ1v) is 6.48. The van der Waals surface area contributed by atoms with Gasteiger partial charge in [0.15, 0.2) is 5.84 Å². The van der Waals surface area contributed by atoms with Crippen LogP contribution in [0, 0.1) is 0 Å². The van der Waals surface area contributed by atoms with Crippen LogP contribution in [0.25, 0.3) is 0 Å². The molecule has 0 fully saturated rings. The molecule has 3 nitrogen and oxygen atoms in total. The third kappa shape index (κ3) is 2.60. The smallest absolute Gasteiger partial charge is 0.161 e. The highest BCUT2D eigenvalue weighted by atomic mass is 15.6. The number of hydrazone groups is 1. The monoisotopic (exact) mass is 251 g/mol. The molecule has 96 valence electrons. The first kappa shape index (κ1) is 11.8. The van der Waals surface area contributed by atoms with Crippen LogP contribution in [0.3, 0.4) is 0 Å². The van der Waals surface area contributed by atoms with Gasteiger partial charge in [0.05, 0.1) is 0 Å². The number of benzene rings is 1. The standard InChI is InChI=1S/C16H17N3/c1-18-13-19-12-6-11-15(16(19)17-18)10-5-9-14-7-3-2-4-8-14/h2-8,10-12H,9,13H2,1H3. The summed E-state index contributed by atoms with van der Waals surface area (Å²) < 4.78 is 0. The predicted octanol–water partition coefficient (Wildman–Crippen LogP) is 2.76. The summed E-state index contributed by atoms with van der Waals surface area (Å²) in [5.41, 5.74) is 2.50. The van der Waals surface area contributed by atoms with Crippen molar-refractivity contribution in [2.45, 2.75) is 6.42 Å². The molecule has 0 saturated heterocycles. The van der Waals surface area contributed by atoms with Crippen LogP contribution in [0.15, 0.2) is 71.5 Å². The van der Waals surface area contributed by atoms with Crippen LogP contribution in [0.5, 0.6) is 0 Å². The quantitative estimate of drug-likeness (QED) is 0.822. The van der Waals surface area contributed by atoms with Gasteiger partial charge < -0.3 is 4.90 Å². The van der Waals surface area contributed by atoms with Gasteiger partial charge in [0.2, 0.25) is 0 Å². The first-order chi connectivity index (χ1) is 9.33. The molecule has 0 aromatic heterocycles. The molecule has 1 aromatic rings. The average Bonchev–Trinajstić information content (AvgIpc) is 2.81. The lowest BCUT2D eigenvalue weighted by Crippen LogP contribution is -2.26. The van der Waals surface area contributed by atoms with Gasteiger partial charge in [-0.3, -0.25) is 5.01 Å². The van der Waals surface area contributed by atoms with Gasteiger partial charge in [-0.05, 0) is 24.1 Å². The molecule has 3 rings (SSSR count). The number of amidine groups is 1. The average molecular weight is 251 g/mol. The van der Waals surface area contributed by atoms with Crippen molar-refractivity contribution in [2.75, 3.05) is 13.7 Å². The molecule has 0 bridgehead atoms. The lowest BCUT2D eigenvalue weighted by molar-refractivity contribution is 0.317. The summed E-state index contributed by atoms with van der Waals surface area (Å²) in [7, 11) is 1.99. The molecule has 2 aliphatic heterocycles. The Bertz CT molecular complexity index is 567. The van der Waals surface area contributed by atoms with E-state index >= 15 is 0 Å². The summed E-state index contributed by atoms with van der Waals surface area (Å²) in [6.45, 7) is 0.829. The van der Waals surface area contributed by atoms with E-state index in [-0.39, 0.29) is 0 Å². The zero-order valence-electron chi connectivity index (χ0n) is 11.0. The van der Waals surface area contributed by atoms with Gasteiger partial charge in [-0.15, -0.1) is 0 Å². The Morgan fingerprint density at radius 2 is 2.11 bits per heavy atom. The SMILES string of the molecule is CN1CN2C=CC=C(C=CCc3ccccc3)C2=N1. The Morgan fingerprint density at radius 3 is 2.95 bits per heavy atom. The van der Waals surface area contributed by atoms with Crippen molar-refractivity contribution in [3.63, 3.8) is 0 Å². The van der Waals surface area contributed by atoms with Gasteiger partial charge in [-0.1, -0.05) is 42.5 Å². The molecule has 19 heavy (non-hydrogen) atoms. The number of fused-ring (bicyclic) bond motifs is 1. The van der Waals surface area contributed by atoms with Crippen molar-refractivity contribution in [3.05, 3.63) is 72.0 Å². The maximum atomic E-state index is 4.52. The third-order valence-electron chi connectivity index (χ3n) is 3.19. The van der Waals surface area contributed by atoms with Gasteiger partial charge >= 0.3 is 0 Å². The van der Waals surface area contributed by atoms with Gasteiger partial charge in [-0.2, -0.15) is 5.10 Å². The molecule has 0 spiro atoms. The van der Waals surface area contributed by atoms with E-state index in [0.717, 1.165) is 18.9 Å². The van der Waals surface area contributed by atoms with Crippen molar-refractivity contribution in [1.82, 2.24) is 9.91 Å². The highest BCUT2D eigenvalue weighted by Crippen LogP contribution is 2.18. The fraction of sp³-hybridized carbons (Fsp3) is 0.188. The summed E-state index contributed by atoms with van der Waals surface area (Å²) in [5.74, 6) is 1.04. The van der Waals surface area contributed by atoms with Gasteiger partial charge in [0.25, 0.3) is 0 Å². The van der Waals surface area contributed by atoms with Crippen LogP contribution < -0.4 is 0 Å². The van der Waals surface area contributed by atoms with Crippen molar-refractivity contribution in [2.24, 2.45) is 5.10 Å². The largest absolute Gasteiger partial charge is 0.311 e. The van der Waals surface area contributed by atoms with Crippen molar-refractivity contribution >= 4 is 5.84 Å². The van der Waals surface area contributed by atoms with E-state index in [4.69, 9.17) is 0 Å². The molecule has 0 radical (unpaired) electrons. The summed E-state index contributed by atoms with van der Waals surface area (Å²) in [4.78, 5) is 2.15. The molecule has 2 heterocycles. The van der Waals surface area contributed by atoms with E-state index in [0.29, 0.717) is 0 Å². The summed E-state index contributed by atoms with van der Waals surface area (Å²) in [6, 6.07) is 10.5. The van der Waals surface area contributed by atoms with E-state index in [1.807, 2.05) is 18.1 Å². The van der Waals surface area contributed by atoms with E-state index < -0.39 is 0 Å². The van der Waals surface area contributed by atoms with E-state index in [1.54, 1.807) is 0 Å². The van der Waals surface area contributed by atoms with Crippen LogP contribution in [-0.2, 0) is 6.42 Å². The molecule has 0 N–H and O–H groups in total. The predicted molar refractivity (Wildman–Crippen MR) is 78.4 cm³/mol. The number of hydrogen-bond acceptors (Lipinski definition) is 3. The zero-order valence-corrected chi connectivity index (χ0v) is 11.0. The molecule has 1 aromatic carbocycles. The Morgan fingerprint density at radius 1 is 1.26 bits per heavy atom. The minimum Gasteiger partial charge on any atom is -0.311 e. The fourth-order valence-electron chi connectivity index (χ4n) is 2.27. The van der Waals surface area contributed by atoms with Crippen LogP contribution in [-0.4, -0.2) is 29.5 Å². The second kappa shape index (κ2) is 5.14. The van der Waals surface area contributed by atoms with Crippen LogP contribution in [0.1, 0.15) is 5.56 Å². The third-order valence-corrected chi connectivity index (χ3v) is 3.19. The van der Waals surface area contributed by atoms with Crippen molar-refractivity contribution in [3.8, 4) is 0 Å². The Labute approximate surface area is 113 Å². The normalized spacial score (nSPS) is 17.7. The second-order valence-electron chi connectivity index (χ2n) is 4.75. The fourth-order valence-corrected chi connectivity index (χ4v) is 2.27. The number of allylic oxidation sites excluding steroid dienone is 3. The highest BCUT2D eigenvalue weighted by Gasteiger charge is 2.22. The topological polar surface area (TPSA) is 18.8 Å². The van der Waals surface area contributed by atoms with Gasteiger partial charge in [-0.25, -0.2) is 0 Å². The molecule has 0 aliphatic carbocycles. The van der Waals surface area contributed by atoms with Crippen molar-refractivity contribution in [1.29, 1.82) is 0 Å². The van der Waals surface area contributed by atoms with Crippen molar-refractivity contribution < 1.29 is 0 Å². The van der Waals surface area contributed by atoms with Crippen LogP contribution in [0.2, 0.25) is 0 Å². The minimum absolute atomic E-state index is 0.829. The zero-order chi connectivity index (χ0) is 13.1. The lowest BCUT2D eigenvalue weighted by atomic mass is 10.1. The molecular formula is C16H17N3. The molecular weight excluding hydrogens is 234 g/mol. The number of hydrogen-bond donors (Lipinski definition) is 0. The Balaban J connectivity index is 1.71. The molecule has 0 saturated carbocycles. The molecule has 0 amide bonds. The first-order valence-electron chi connectivity index (χ1n) is 6.48. The lowest BCUT2D eigenvalue weighted by Gasteiger charge is -2.18. The maximum Gasteiger partial charge on any atom is 0.161 e. The Kier molecular flexibility index (Phi) is 3.19. The summed E-state index contributed by atoms with van der Waals surface area (Å²) in [6.07, 6.45) is 11.5. The minimum atomic E-state index is 0.829.